The van der Waals surface area contributed by atoms with E-state index in [1.54, 1.807) is 36.4 Å². The van der Waals surface area contributed by atoms with Gasteiger partial charge in [-0.15, -0.1) is 0 Å². The molecule has 0 bridgehead atoms. The number of methoxy groups -OCH3 is 1. The summed E-state index contributed by atoms with van der Waals surface area (Å²) in [5.41, 5.74) is 1.66. The summed E-state index contributed by atoms with van der Waals surface area (Å²) in [4.78, 5) is 20.6. The number of phenols is 1. The maximum Gasteiger partial charge on any atom is 0.310 e. The molecule has 0 fully saturated rings. The van der Waals surface area contributed by atoms with E-state index < -0.39 is 5.92 Å². The molecule has 0 amide bonds. The maximum absolute atomic E-state index is 12.2. The van der Waals surface area contributed by atoms with E-state index in [-0.39, 0.29) is 11.7 Å². The summed E-state index contributed by atoms with van der Waals surface area (Å²) < 4.78 is 4.92. The molecule has 1 unspecified atom stereocenters. The standard InChI is InChI=1S/C19H18ClN3O3/c1-26-19(25)13(8-12-2-5-15(24)6-3-12)10-21-18-16-7-4-14(20)9-17(16)22-11-23-18/h2-7,9,11,13,24H,8,10H2,1H3,(H,21,22,23). The molecule has 1 heterocycles. The second-order valence-corrected chi connectivity index (χ2v) is 6.29. The number of halogens is 1. The molecule has 26 heavy (non-hydrogen) atoms. The number of carbonyl (C=O) groups is 1. The van der Waals surface area contributed by atoms with Gasteiger partial charge in [0, 0.05) is 17.0 Å². The lowest BCUT2D eigenvalue weighted by Crippen LogP contribution is -2.26. The summed E-state index contributed by atoms with van der Waals surface area (Å²) in [6.45, 7) is 0.349. The van der Waals surface area contributed by atoms with Crippen LogP contribution >= 0.6 is 11.6 Å². The molecule has 3 rings (SSSR count). The number of hydrogen-bond acceptors (Lipinski definition) is 6. The smallest absolute Gasteiger partial charge is 0.310 e. The van der Waals surface area contributed by atoms with Crippen molar-refractivity contribution in [3.05, 3.63) is 59.4 Å². The summed E-state index contributed by atoms with van der Waals surface area (Å²) in [6.07, 6.45) is 1.93. The molecule has 6 nitrogen and oxygen atoms in total. The van der Waals surface area contributed by atoms with Gasteiger partial charge in [-0.25, -0.2) is 9.97 Å². The summed E-state index contributed by atoms with van der Waals surface area (Å²) in [6, 6.07) is 12.1. The van der Waals surface area contributed by atoms with Gasteiger partial charge in [0.2, 0.25) is 0 Å². The molecule has 7 heteroatoms. The van der Waals surface area contributed by atoms with E-state index in [9.17, 15) is 9.90 Å². The molecule has 2 aromatic carbocycles. The van der Waals surface area contributed by atoms with Crippen LogP contribution < -0.4 is 5.32 Å². The first kappa shape index (κ1) is 17.9. The minimum atomic E-state index is -0.401. The van der Waals surface area contributed by atoms with Gasteiger partial charge in [-0.05, 0) is 42.3 Å². The Hall–Kier alpha value is -2.86. The van der Waals surface area contributed by atoms with Gasteiger partial charge < -0.3 is 15.2 Å². The van der Waals surface area contributed by atoms with E-state index in [4.69, 9.17) is 16.3 Å². The molecule has 0 radical (unpaired) electrons. The summed E-state index contributed by atoms with van der Waals surface area (Å²) in [5, 5.41) is 14.0. The van der Waals surface area contributed by atoms with Crippen molar-refractivity contribution >= 4 is 34.3 Å². The van der Waals surface area contributed by atoms with Crippen LogP contribution in [0.5, 0.6) is 5.75 Å². The average Bonchev–Trinajstić information content (AvgIpc) is 2.65. The van der Waals surface area contributed by atoms with Crippen LogP contribution in [0.15, 0.2) is 48.8 Å². The Labute approximate surface area is 155 Å². The number of fused-ring (bicyclic) bond motifs is 1. The highest BCUT2D eigenvalue weighted by Crippen LogP contribution is 2.23. The molecule has 0 saturated heterocycles. The number of carbonyl (C=O) groups excluding carboxylic acids is 1. The van der Waals surface area contributed by atoms with Gasteiger partial charge in [-0.2, -0.15) is 0 Å². The largest absolute Gasteiger partial charge is 0.508 e. The van der Waals surface area contributed by atoms with Gasteiger partial charge in [-0.1, -0.05) is 23.7 Å². The fourth-order valence-electron chi connectivity index (χ4n) is 2.71. The SMILES string of the molecule is COC(=O)C(CNc1ncnc2cc(Cl)ccc12)Cc1ccc(O)cc1. The average molecular weight is 372 g/mol. The Bertz CT molecular complexity index is 916. The van der Waals surface area contributed by atoms with Gasteiger partial charge in [-0.3, -0.25) is 4.79 Å². The van der Waals surface area contributed by atoms with Gasteiger partial charge in [0.1, 0.15) is 17.9 Å². The Morgan fingerprint density at radius 1 is 1.23 bits per heavy atom. The molecular weight excluding hydrogens is 354 g/mol. The highest BCUT2D eigenvalue weighted by molar-refractivity contribution is 6.31. The van der Waals surface area contributed by atoms with Crippen LogP contribution in [0.25, 0.3) is 10.9 Å². The molecule has 0 aliphatic heterocycles. The Balaban J connectivity index is 1.77. The number of benzene rings is 2. The Morgan fingerprint density at radius 2 is 2.00 bits per heavy atom. The van der Waals surface area contributed by atoms with E-state index in [0.29, 0.717) is 23.8 Å². The van der Waals surface area contributed by atoms with Crippen LogP contribution in [0.4, 0.5) is 5.82 Å². The fourth-order valence-corrected chi connectivity index (χ4v) is 2.88. The first-order valence-corrected chi connectivity index (χ1v) is 8.44. The monoisotopic (exact) mass is 371 g/mol. The molecule has 2 N–H and O–H groups in total. The molecule has 0 aliphatic carbocycles. The second kappa shape index (κ2) is 8.01. The molecule has 3 aromatic rings. The molecule has 1 atom stereocenters. The lowest BCUT2D eigenvalue weighted by molar-refractivity contribution is -0.144. The summed E-state index contributed by atoms with van der Waals surface area (Å²) in [5.74, 6) is 0.104. The first-order valence-electron chi connectivity index (χ1n) is 8.06. The van der Waals surface area contributed by atoms with Crippen LogP contribution in [-0.4, -0.2) is 34.7 Å². The molecule has 0 spiro atoms. The lowest BCUT2D eigenvalue weighted by atomic mass is 9.99. The number of ether oxygens (including phenoxy) is 1. The quantitative estimate of drug-likeness (QED) is 0.646. The molecule has 1 aromatic heterocycles. The predicted molar refractivity (Wildman–Crippen MR) is 100 cm³/mol. The Kier molecular flexibility index (Phi) is 5.53. The third kappa shape index (κ3) is 4.21. The zero-order valence-electron chi connectivity index (χ0n) is 14.1. The van der Waals surface area contributed by atoms with Crippen LogP contribution in [0.1, 0.15) is 5.56 Å². The van der Waals surface area contributed by atoms with Crippen molar-refractivity contribution in [3.63, 3.8) is 0 Å². The van der Waals surface area contributed by atoms with Crippen molar-refractivity contribution in [3.8, 4) is 5.75 Å². The number of anilines is 1. The highest BCUT2D eigenvalue weighted by Gasteiger charge is 2.20. The van der Waals surface area contributed by atoms with Crippen molar-refractivity contribution in [2.45, 2.75) is 6.42 Å². The van der Waals surface area contributed by atoms with E-state index in [1.165, 1.54) is 13.4 Å². The normalized spacial score (nSPS) is 11.9. The number of aromatic hydroxyl groups is 1. The molecule has 134 valence electrons. The minimum absolute atomic E-state index is 0.188. The van der Waals surface area contributed by atoms with E-state index in [2.05, 4.69) is 15.3 Å². The first-order chi connectivity index (χ1) is 12.6. The molecular formula is C19H18ClN3O3. The summed E-state index contributed by atoms with van der Waals surface area (Å²) >= 11 is 6.00. The number of aromatic nitrogens is 2. The predicted octanol–water partition coefficient (Wildman–Crippen LogP) is 3.43. The van der Waals surface area contributed by atoms with Crippen LogP contribution in [-0.2, 0) is 16.0 Å². The van der Waals surface area contributed by atoms with Crippen molar-refractivity contribution in [1.82, 2.24) is 9.97 Å². The van der Waals surface area contributed by atoms with Gasteiger partial charge in [0.25, 0.3) is 0 Å². The van der Waals surface area contributed by atoms with Crippen molar-refractivity contribution in [2.75, 3.05) is 19.0 Å². The molecule has 0 aliphatic rings. The Morgan fingerprint density at radius 3 is 2.73 bits per heavy atom. The number of rotatable bonds is 6. The minimum Gasteiger partial charge on any atom is -0.508 e. The maximum atomic E-state index is 12.2. The topological polar surface area (TPSA) is 84.3 Å². The lowest BCUT2D eigenvalue weighted by Gasteiger charge is -2.16. The van der Waals surface area contributed by atoms with E-state index >= 15 is 0 Å². The van der Waals surface area contributed by atoms with Gasteiger partial charge >= 0.3 is 5.97 Å². The third-order valence-corrected chi connectivity index (χ3v) is 4.30. The van der Waals surface area contributed by atoms with Crippen molar-refractivity contribution < 1.29 is 14.6 Å². The van der Waals surface area contributed by atoms with Crippen molar-refractivity contribution in [2.24, 2.45) is 5.92 Å². The second-order valence-electron chi connectivity index (χ2n) is 5.86. The van der Waals surface area contributed by atoms with Gasteiger partial charge in [0.15, 0.2) is 0 Å². The van der Waals surface area contributed by atoms with Crippen LogP contribution in [0.2, 0.25) is 5.02 Å². The fraction of sp³-hybridized carbons (Fsp3) is 0.211. The van der Waals surface area contributed by atoms with Crippen molar-refractivity contribution in [1.29, 1.82) is 0 Å². The number of esters is 1. The number of nitrogens with zero attached hydrogens (tertiary/aromatic N) is 2. The van der Waals surface area contributed by atoms with Crippen LogP contribution in [0, 0.1) is 5.92 Å². The molecule has 0 saturated carbocycles. The van der Waals surface area contributed by atoms with Crippen LogP contribution in [0.3, 0.4) is 0 Å². The number of phenolic OH excluding ortho intramolecular Hbond substituents is 1. The number of hydrogen-bond donors (Lipinski definition) is 2. The third-order valence-electron chi connectivity index (χ3n) is 4.07. The van der Waals surface area contributed by atoms with E-state index in [0.717, 1.165) is 16.5 Å². The number of nitrogens with one attached hydrogen (secondary N) is 1. The zero-order chi connectivity index (χ0) is 18.5. The zero-order valence-corrected chi connectivity index (χ0v) is 14.9. The highest BCUT2D eigenvalue weighted by atomic mass is 35.5. The van der Waals surface area contributed by atoms with Gasteiger partial charge in [0.05, 0.1) is 18.5 Å². The van der Waals surface area contributed by atoms with E-state index in [1.807, 2.05) is 6.07 Å². The summed E-state index contributed by atoms with van der Waals surface area (Å²) in [7, 11) is 1.37.